The first-order valence-electron chi connectivity index (χ1n) is 9.77. The zero-order valence-electron chi connectivity index (χ0n) is 17.7. The summed E-state index contributed by atoms with van der Waals surface area (Å²) in [6.07, 6.45) is 2.16. The summed E-state index contributed by atoms with van der Waals surface area (Å²) in [4.78, 5) is 6.76. The monoisotopic (exact) mass is 559 g/mol. The average molecular weight is 560 g/mol. The first kappa shape index (κ1) is 28.4. The van der Waals surface area contributed by atoms with Gasteiger partial charge in [0, 0.05) is 31.2 Å². The molecule has 10 heteroatoms. The van der Waals surface area contributed by atoms with Gasteiger partial charge in [0.1, 0.15) is 0 Å². The Bertz CT molecular complexity index is 714. The quantitative estimate of drug-likeness (QED) is 0.159. The van der Waals surface area contributed by atoms with Crippen LogP contribution in [0.25, 0.3) is 0 Å². The van der Waals surface area contributed by atoms with E-state index >= 15 is 0 Å². The van der Waals surface area contributed by atoms with Crippen molar-refractivity contribution in [1.82, 2.24) is 20.3 Å². The number of halogens is 2. The van der Waals surface area contributed by atoms with Crippen LogP contribution in [0.2, 0.25) is 5.02 Å². The Morgan fingerprint density at radius 3 is 2.52 bits per heavy atom. The molecule has 3 N–H and O–H groups in total. The maximum atomic E-state index is 12.3. The van der Waals surface area contributed by atoms with Crippen molar-refractivity contribution in [2.45, 2.75) is 44.6 Å². The number of guanidine groups is 1. The molecule has 0 fully saturated rings. The molecule has 0 aromatic heterocycles. The maximum absolute atomic E-state index is 12.3. The number of benzene rings is 1. The van der Waals surface area contributed by atoms with Crippen molar-refractivity contribution >= 4 is 51.6 Å². The molecule has 29 heavy (non-hydrogen) atoms. The van der Waals surface area contributed by atoms with Gasteiger partial charge in [0.25, 0.3) is 0 Å². The summed E-state index contributed by atoms with van der Waals surface area (Å²) in [6, 6.07) is 6.48. The third-order valence-corrected chi connectivity index (χ3v) is 6.12. The molecule has 1 rings (SSSR count). The molecule has 0 saturated carbocycles. The van der Waals surface area contributed by atoms with Gasteiger partial charge in [-0.05, 0) is 57.6 Å². The Balaban J connectivity index is 0.00000784. The van der Waals surface area contributed by atoms with Gasteiger partial charge in [0.05, 0.1) is 4.90 Å². The Kier molecular flexibility index (Phi) is 14.9. The van der Waals surface area contributed by atoms with Crippen LogP contribution in [0.15, 0.2) is 34.2 Å². The van der Waals surface area contributed by atoms with Gasteiger partial charge in [-0.25, -0.2) is 13.1 Å². The lowest BCUT2D eigenvalue weighted by Gasteiger charge is -2.21. The van der Waals surface area contributed by atoms with Crippen LogP contribution in [0.1, 0.15) is 33.6 Å². The fourth-order valence-electron chi connectivity index (χ4n) is 2.74. The van der Waals surface area contributed by atoms with Crippen LogP contribution in [0.5, 0.6) is 0 Å². The van der Waals surface area contributed by atoms with E-state index in [-0.39, 0.29) is 41.5 Å². The van der Waals surface area contributed by atoms with Gasteiger partial charge in [-0.2, -0.15) is 0 Å². The highest BCUT2D eigenvalue weighted by Gasteiger charge is 2.13. The van der Waals surface area contributed by atoms with Crippen LogP contribution in [0.4, 0.5) is 0 Å². The molecule has 0 aliphatic rings. The smallest absolute Gasteiger partial charge is 0.240 e. The van der Waals surface area contributed by atoms with Crippen LogP contribution in [0.3, 0.4) is 0 Å². The third-order valence-electron chi connectivity index (χ3n) is 4.43. The zero-order chi connectivity index (χ0) is 21.0. The molecule has 1 unspecified atom stereocenters. The standard InChI is InChI=1S/C19H34ClN5O2S.HI/c1-5-25(6-2)14-8-9-16(3)24-19(21-4)22-12-13-23-28(26,27)18-11-7-10-17(20)15-18;/h7,10-11,15-16,23H,5-6,8-9,12-14H2,1-4H3,(H2,21,22,24);1H. The fraction of sp³-hybridized carbons (Fsp3) is 0.632. The average Bonchev–Trinajstić information content (AvgIpc) is 2.67. The lowest BCUT2D eigenvalue weighted by Crippen LogP contribution is -2.45. The molecule has 168 valence electrons. The van der Waals surface area contributed by atoms with Crippen molar-refractivity contribution in [1.29, 1.82) is 0 Å². The van der Waals surface area contributed by atoms with Gasteiger partial charge in [-0.1, -0.05) is 31.5 Å². The van der Waals surface area contributed by atoms with Crippen molar-refractivity contribution in [3.05, 3.63) is 29.3 Å². The second-order valence-corrected chi connectivity index (χ2v) is 8.77. The highest BCUT2D eigenvalue weighted by atomic mass is 127. The lowest BCUT2D eigenvalue weighted by molar-refractivity contribution is 0.292. The highest BCUT2D eigenvalue weighted by Crippen LogP contribution is 2.14. The third kappa shape index (κ3) is 11.4. The van der Waals surface area contributed by atoms with Gasteiger partial charge >= 0.3 is 0 Å². The summed E-state index contributed by atoms with van der Waals surface area (Å²) in [5.74, 6) is 0.664. The van der Waals surface area contributed by atoms with E-state index in [1.807, 2.05) is 0 Å². The largest absolute Gasteiger partial charge is 0.355 e. The summed E-state index contributed by atoms with van der Waals surface area (Å²) in [5, 5.41) is 6.86. The Morgan fingerprint density at radius 2 is 1.93 bits per heavy atom. The molecule has 1 aromatic carbocycles. The second-order valence-electron chi connectivity index (χ2n) is 6.57. The van der Waals surface area contributed by atoms with Crippen LogP contribution in [-0.2, 0) is 10.0 Å². The van der Waals surface area contributed by atoms with E-state index in [4.69, 9.17) is 11.6 Å². The second kappa shape index (κ2) is 15.2. The minimum absolute atomic E-state index is 0. The normalized spacial score (nSPS) is 13.1. The summed E-state index contributed by atoms with van der Waals surface area (Å²) in [6.45, 7) is 10.4. The van der Waals surface area contributed by atoms with Gasteiger partial charge in [-0.3, -0.25) is 4.99 Å². The molecule has 0 bridgehead atoms. The van der Waals surface area contributed by atoms with Gasteiger partial charge in [0.15, 0.2) is 5.96 Å². The molecule has 0 saturated heterocycles. The van der Waals surface area contributed by atoms with Crippen molar-refractivity contribution in [3.63, 3.8) is 0 Å². The number of nitrogens with zero attached hydrogens (tertiary/aromatic N) is 2. The highest BCUT2D eigenvalue weighted by molar-refractivity contribution is 14.0. The zero-order valence-corrected chi connectivity index (χ0v) is 21.6. The van der Waals surface area contributed by atoms with E-state index in [1.165, 1.54) is 12.1 Å². The Hall–Kier alpha value is -0.620. The summed E-state index contributed by atoms with van der Waals surface area (Å²) in [5.41, 5.74) is 0. The Labute approximate surface area is 198 Å². The number of aliphatic imine (C=N–C) groups is 1. The number of hydrogen-bond donors (Lipinski definition) is 3. The fourth-order valence-corrected chi connectivity index (χ4v) is 4.08. The van der Waals surface area contributed by atoms with Crippen LogP contribution in [-0.4, -0.2) is 65.1 Å². The summed E-state index contributed by atoms with van der Waals surface area (Å²) >= 11 is 5.86. The molecule has 0 heterocycles. The van der Waals surface area contributed by atoms with E-state index in [9.17, 15) is 8.42 Å². The number of sulfonamides is 1. The van der Waals surface area contributed by atoms with E-state index in [0.717, 1.165) is 32.5 Å². The number of hydrogen-bond acceptors (Lipinski definition) is 4. The van der Waals surface area contributed by atoms with Crippen molar-refractivity contribution in [2.24, 2.45) is 4.99 Å². The minimum Gasteiger partial charge on any atom is -0.355 e. The number of rotatable bonds is 12. The van der Waals surface area contributed by atoms with E-state index in [1.54, 1.807) is 19.2 Å². The molecule has 0 aliphatic carbocycles. The molecule has 7 nitrogen and oxygen atoms in total. The van der Waals surface area contributed by atoms with Crippen molar-refractivity contribution < 1.29 is 8.42 Å². The predicted octanol–water partition coefficient (Wildman–Crippen LogP) is 2.91. The first-order chi connectivity index (χ1) is 13.3. The summed E-state index contributed by atoms with van der Waals surface area (Å²) < 4.78 is 27.1. The minimum atomic E-state index is -3.58. The molecule has 0 radical (unpaired) electrons. The van der Waals surface area contributed by atoms with Crippen molar-refractivity contribution in [2.75, 3.05) is 39.8 Å². The maximum Gasteiger partial charge on any atom is 0.240 e. The molecule has 0 amide bonds. The molecule has 0 aliphatic heterocycles. The van der Waals surface area contributed by atoms with E-state index < -0.39 is 10.0 Å². The van der Waals surface area contributed by atoms with Crippen LogP contribution >= 0.6 is 35.6 Å². The van der Waals surface area contributed by atoms with E-state index in [2.05, 4.69) is 46.0 Å². The topological polar surface area (TPSA) is 85.8 Å². The van der Waals surface area contributed by atoms with E-state index in [0.29, 0.717) is 17.5 Å². The van der Waals surface area contributed by atoms with Crippen LogP contribution in [0, 0.1) is 0 Å². The van der Waals surface area contributed by atoms with Gasteiger partial charge in [0.2, 0.25) is 10.0 Å². The molecular formula is C19H35ClIN5O2S. The molecule has 1 atom stereocenters. The molecule has 0 spiro atoms. The predicted molar refractivity (Wildman–Crippen MR) is 133 cm³/mol. The van der Waals surface area contributed by atoms with Crippen LogP contribution < -0.4 is 15.4 Å². The lowest BCUT2D eigenvalue weighted by atomic mass is 10.2. The molecule has 1 aromatic rings. The summed E-state index contributed by atoms with van der Waals surface area (Å²) in [7, 11) is -1.87. The van der Waals surface area contributed by atoms with Crippen molar-refractivity contribution in [3.8, 4) is 0 Å². The van der Waals surface area contributed by atoms with Gasteiger partial charge < -0.3 is 15.5 Å². The molecular weight excluding hydrogens is 525 g/mol. The first-order valence-corrected chi connectivity index (χ1v) is 11.6. The van der Waals surface area contributed by atoms with Gasteiger partial charge in [-0.15, -0.1) is 24.0 Å². The number of nitrogens with one attached hydrogen (secondary N) is 3. The Morgan fingerprint density at radius 1 is 1.24 bits per heavy atom. The SMILES string of the molecule is CCN(CC)CCCC(C)NC(=NC)NCCNS(=O)(=O)c1cccc(Cl)c1.I.